The number of hydrogen-bond acceptors (Lipinski definition) is 5. The lowest BCUT2D eigenvalue weighted by Gasteiger charge is -2.23. The molecule has 0 saturated carbocycles. The molecule has 24 heavy (non-hydrogen) atoms. The van der Waals surface area contributed by atoms with Crippen molar-refractivity contribution in [3.05, 3.63) is 35.9 Å². The van der Waals surface area contributed by atoms with E-state index in [0.717, 1.165) is 0 Å². The minimum Gasteiger partial charge on any atom is -0.492 e. The Morgan fingerprint density at radius 2 is 1.62 bits per heavy atom. The number of hydrogen-bond donors (Lipinski definition) is 2. The van der Waals surface area contributed by atoms with Gasteiger partial charge in [0.05, 0.1) is 0 Å². The van der Waals surface area contributed by atoms with E-state index in [-0.39, 0.29) is 27.7 Å². The highest BCUT2D eigenvalue weighted by molar-refractivity contribution is 7.88. The Bertz CT molecular complexity index is 823. The van der Waals surface area contributed by atoms with Crippen LogP contribution in [-0.2, 0) is 10.1 Å². The second-order valence-electron chi connectivity index (χ2n) is 5.48. The van der Waals surface area contributed by atoms with Crippen LogP contribution in [0.2, 0.25) is 0 Å². The Morgan fingerprint density at radius 3 is 2.04 bits per heavy atom. The standard InChI is InChI=1S/C13H11F4NO5S/c1-2-12(14,15)13(16,17)24(21,22)23-18-10(19)8-6-3-4-7(5-6)9(8)11(18)20/h2-4,6-7,19-20H,1,5H2. The molecule has 11 heteroatoms. The molecule has 1 aromatic heterocycles. The average molecular weight is 369 g/mol. The van der Waals surface area contributed by atoms with Crippen LogP contribution in [0.4, 0.5) is 17.6 Å². The third-order valence-corrected chi connectivity index (χ3v) is 5.36. The van der Waals surface area contributed by atoms with Crippen molar-refractivity contribution in [1.29, 1.82) is 0 Å². The van der Waals surface area contributed by atoms with Crippen LogP contribution in [0.5, 0.6) is 11.8 Å². The minimum absolute atomic E-state index is 0.119. The number of aromatic nitrogens is 1. The second-order valence-corrected chi connectivity index (χ2v) is 7.05. The second kappa shape index (κ2) is 4.68. The zero-order valence-electron chi connectivity index (χ0n) is 11.8. The molecule has 0 radical (unpaired) electrons. The molecule has 2 bridgehead atoms. The van der Waals surface area contributed by atoms with E-state index >= 15 is 0 Å². The lowest BCUT2D eigenvalue weighted by molar-refractivity contribution is -0.127. The average Bonchev–Trinajstić information content (AvgIpc) is 3.16. The number of nitrogens with zero attached hydrogens (tertiary/aromatic N) is 1. The van der Waals surface area contributed by atoms with Crippen LogP contribution in [0.15, 0.2) is 24.8 Å². The van der Waals surface area contributed by atoms with Gasteiger partial charge in [-0.1, -0.05) is 23.5 Å². The summed E-state index contributed by atoms with van der Waals surface area (Å²) in [7, 11) is -6.26. The monoisotopic (exact) mass is 369 g/mol. The molecule has 2 aliphatic carbocycles. The molecular formula is C13H11F4NO5S. The van der Waals surface area contributed by atoms with Crippen molar-refractivity contribution in [2.75, 3.05) is 0 Å². The van der Waals surface area contributed by atoms with Crippen molar-refractivity contribution in [3.8, 4) is 11.8 Å². The molecule has 0 amide bonds. The third kappa shape index (κ3) is 1.90. The topological polar surface area (TPSA) is 88.8 Å². The molecule has 0 saturated heterocycles. The van der Waals surface area contributed by atoms with Crippen molar-refractivity contribution >= 4 is 10.1 Å². The predicted molar refractivity (Wildman–Crippen MR) is 72.6 cm³/mol. The summed E-state index contributed by atoms with van der Waals surface area (Å²) < 4.78 is 80.4. The third-order valence-electron chi connectivity index (χ3n) is 4.11. The van der Waals surface area contributed by atoms with Gasteiger partial charge in [0.2, 0.25) is 11.8 Å². The summed E-state index contributed by atoms with van der Waals surface area (Å²) in [6.07, 6.45) is 3.36. The SMILES string of the molecule is C=CC(F)(F)C(F)(F)S(=O)(=O)On1c(O)c2c(c1O)C1C=CC2C1. The Labute approximate surface area is 133 Å². The van der Waals surface area contributed by atoms with Crippen molar-refractivity contribution < 1.29 is 40.5 Å². The van der Waals surface area contributed by atoms with Gasteiger partial charge in [-0.3, -0.25) is 4.28 Å². The first kappa shape index (κ1) is 16.7. The van der Waals surface area contributed by atoms with E-state index in [9.17, 15) is 36.2 Å². The highest BCUT2D eigenvalue weighted by Gasteiger charge is 2.66. The zero-order chi connectivity index (χ0) is 18.1. The maximum atomic E-state index is 13.6. The molecule has 0 spiro atoms. The Hall–Kier alpha value is -2.17. The quantitative estimate of drug-likeness (QED) is 0.614. The fraction of sp³-hybridized carbons (Fsp3) is 0.385. The highest BCUT2D eigenvalue weighted by Crippen LogP contribution is 2.56. The van der Waals surface area contributed by atoms with Gasteiger partial charge < -0.3 is 10.2 Å². The fourth-order valence-electron chi connectivity index (χ4n) is 2.92. The van der Waals surface area contributed by atoms with E-state index in [1.165, 1.54) is 0 Å². The van der Waals surface area contributed by atoms with Crippen LogP contribution in [0, 0.1) is 0 Å². The number of fused-ring (bicyclic) bond motifs is 5. The summed E-state index contributed by atoms with van der Waals surface area (Å²) in [5.41, 5.74) is 0.239. The number of alkyl halides is 4. The molecule has 2 N–H and O–H groups in total. The fourth-order valence-corrected chi connectivity index (χ4v) is 3.77. The van der Waals surface area contributed by atoms with Gasteiger partial charge in [0.1, 0.15) is 0 Å². The summed E-state index contributed by atoms with van der Waals surface area (Å²) in [5, 5.41) is 14.3. The predicted octanol–water partition coefficient (Wildman–Crippen LogP) is 2.21. The molecule has 2 unspecified atom stereocenters. The van der Waals surface area contributed by atoms with Gasteiger partial charge in [-0.2, -0.15) is 26.0 Å². The molecule has 1 heterocycles. The lowest BCUT2D eigenvalue weighted by Crippen LogP contribution is -2.49. The summed E-state index contributed by atoms with van der Waals surface area (Å²) >= 11 is 0. The van der Waals surface area contributed by atoms with Crippen LogP contribution in [-0.4, -0.2) is 34.5 Å². The van der Waals surface area contributed by atoms with Gasteiger partial charge in [0.25, 0.3) is 0 Å². The van der Waals surface area contributed by atoms with E-state index in [2.05, 4.69) is 10.9 Å². The Balaban J connectivity index is 2.03. The first-order valence-electron chi connectivity index (χ1n) is 6.63. The molecular weight excluding hydrogens is 358 g/mol. The molecule has 6 nitrogen and oxygen atoms in total. The van der Waals surface area contributed by atoms with E-state index in [0.29, 0.717) is 6.42 Å². The molecule has 0 aromatic carbocycles. The molecule has 0 fully saturated rings. The van der Waals surface area contributed by atoms with E-state index in [4.69, 9.17) is 0 Å². The van der Waals surface area contributed by atoms with E-state index in [1.54, 1.807) is 12.2 Å². The van der Waals surface area contributed by atoms with Crippen LogP contribution >= 0.6 is 0 Å². The number of halogens is 4. The van der Waals surface area contributed by atoms with Crippen LogP contribution in [0.1, 0.15) is 29.4 Å². The molecule has 132 valence electrons. The minimum atomic E-state index is -6.26. The molecule has 1 aromatic rings. The van der Waals surface area contributed by atoms with Gasteiger partial charge >= 0.3 is 21.3 Å². The lowest BCUT2D eigenvalue weighted by atomic mass is 10.0. The molecule has 3 rings (SSSR count). The van der Waals surface area contributed by atoms with Crippen molar-refractivity contribution in [3.63, 3.8) is 0 Å². The van der Waals surface area contributed by atoms with Gasteiger partial charge in [-0.25, -0.2) is 0 Å². The van der Waals surface area contributed by atoms with Crippen LogP contribution < -0.4 is 4.28 Å². The number of allylic oxidation sites excluding steroid dienone is 3. The first-order chi connectivity index (χ1) is 10.9. The van der Waals surface area contributed by atoms with Crippen molar-refractivity contribution in [2.45, 2.75) is 29.4 Å². The summed E-state index contributed by atoms with van der Waals surface area (Å²) in [6.45, 7) is 2.46. The van der Waals surface area contributed by atoms with Gasteiger partial charge in [-0.05, 0) is 12.5 Å². The van der Waals surface area contributed by atoms with Crippen molar-refractivity contribution in [2.24, 2.45) is 0 Å². The number of rotatable bonds is 5. The van der Waals surface area contributed by atoms with Crippen LogP contribution in [0.3, 0.4) is 0 Å². The van der Waals surface area contributed by atoms with Gasteiger partial charge in [0.15, 0.2) is 0 Å². The van der Waals surface area contributed by atoms with Gasteiger partial charge in [-0.15, -0.1) is 0 Å². The smallest absolute Gasteiger partial charge is 0.448 e. The molecule has 0 aliphatic heterocycles. The zero-order valence-corrected chi connectivity index (χ0v) is 12.6. The normalized spacial score (nSPS) is 22.7. The summed E-state index contributed by atoms with van der Waals surface area (Å²) in [4.78, 5) is 0. The summed E-state index contributed by atoms with van der Waals surface area (Å²) in [5.74, 6) is -7.67. The first-order valence-corrected chi connectivity index (χ1v) is 8.04. The number of aromatic hydroxyl groups is 2. The highest BCUT2D eigenvalue weighted by atomic mass is 32.2. The maximum Gasteiger partial charge on any atom is 0.448 e. The maximum absolute atomic E-state index is 13.6. The Morgan fingerprint density at radius 1 is 1.17 bits per heavy atom. The van der Waals surface area contributed by atoms with Crippen LogP contribution in [0.25, 0.3) is 0 Å². The Kier molecular flexibility index (Phi) is 3.25. The molecule has 2 atom stereocenters. The summed E-state index contributed by atoms with van der Waals surface area (Å²) in [6, 6.07) is 0. The van der Waals surface area contributed by atoms with E-state index < -0.39 is 39.1 Å². The van der Waals surface area contributed by atoms with Crippen molar-refractivity contribution in [1.82, 2.24) is 4.73 Å². The van der Waals surface area contributed by atoms with Gasteiger partial charge in [0, 0.05) is 23.0 Å². The van der Waals surface area contributed by atoms with E-state index in [1.807, 2.05) is 0 Å². The molecule has 2 aliphatic rings. The largest absolute Gasteiger partial charge is 0.492 e.